The van der Waals surface area contributed by atoms with Gasteiger partial charge in [0.25, 0.3) is 0 Å². The first-order valence-corrected chi connectivity index (χ1v) is 8.11. The summed E-state index contributed by atoms with van der Waals surface area (Å²) < 4.78 is 12.2. The van der Waals surface area contributed by atoms with Gasteiger partial charge in [-0.05, 0) is 38.1 Å². The van der Waals surface area contributed by atoms with Crippen molar-refractivity contribution >= 4 is 0 Å². The molecule has 0 radical (unpaired) electrons. The molecule has 1 unspecified atom stereocenters. The Morgan fingerprint density at radius 2 is 2.05 bits per heavy atom. The predicted octanol–water partition coefficient (Wildman–Crippen LogP) is 1.36. The third kappa shape index (κ3) is 2.44. The first-order valence-electron chi connectivity index (χ1n) is 8.11. The number of fused-ring (bicyclic) bond motifs is 1. The number of hydrogen-bond donors (Lipinski definition) is 1. The highest BCUT2D eigenvalue weighted by atomic mass is 16.7. The van der Waals surface area contributed by atoms with Crippen molar-refractivity contribution in [2.24, 2.45) is 5.92 Å². The van der Waals surface area contributed by atoms with Gasteiger partial charge in [0.2, 0.25) is 0 Å². The number of rotatable bonds is 2. The number of likely N-dealkylation sites (tertiary alicyclic amines) is 1. The van der Waals surface area contributed by atoms with E-state index in [1.807, 2.05) is 0 Å². The van der Waals surface area contributed by atoms with E-state index in [-0.39, 0.29) is 5.79 Å². The SMILES string of the molecule is C1CN[C@@H]2CN(CC3COC4(CCCC4)O3)C[C@@H]2C1. The summed E-state index contributed by atoms with van der Waals surface area (Å²) in [6, 6.07) is 0.733. The largest absolute Gasteiger partial charge is 0.347 e. The maximum absolute atomic E-state index is 6.24. The minimum Gasteiger partial charge on any atom is -0.347 e. The Morgan fingerprint density at radius 1 is 1.16 bits per heavy atom. The Balaban J connectivity index is 1.31. The average Bonchev–Trinajstić information content (AvgIpc) is 3.11. The second kappa shape index (κ2) is 4.99. The maximum atomic E-state index is 6.24. The molecule has 108 valence electrons. The molecule has 3 aliphatic heterocycles. The van der Waals surface area contributed by atoms with Crippen LogP contribution in [0, 0.1) is 5.92 Å². The van der Waals surface area contributed by atoms with Crippen LogP contribution in [-0.4, -0.2) is 55.6 Å². The van der Waals surface area contributed by atoms with E-state index < -0.39 is 0 Å². The number of piperidine rings is 1. The highest BCUT2D eigenvalue weighted by molar-refractivity contribution is 4.93. The molecule has 4 fully saturated rings. The third-order valence-corrected chi connectivity index (χ3v) is 5.42. The van der Waals surface area contributed by atoms with E-state index in [0.29, 0.717) is 6.10 Å². The Labute approximate surface area is 115 Å². The minimum absolute atomic E-state index is 0.185. The molecule has 3 heterocycles. The second-order valence-electron chi connectivity index (χ2n) is 6.85. The fourth-order valence-corrected chi connectivity index (χ4v) is 4.46. The van der Waals surface area contributed by atoms with Crippen molar-refractivity contribution < 1.29 is 9.47 Å². The number of ether oxygens (including phenoxy) is 2. The van der Waals surface area contributed by atoms with Crippen molar-refractivity contribution in [3.8, 4) is 0 Å². The lowest BCUT2D eigenvalue weighted by Gasteiger charge is -2.24. The first kappa shape index (κ1) is 12.6. The molecule has 4 nitrogen and oxygen atoms in total. The Hall–Kier alpha value is -0.160. The molecular weight excluding hydrogens is 240 g/mol. The fourth-order valence-electron chi connectivity index (χ4n) is 4.46. The van der Waals surface area contributed by atoms with Crippen LogP contribution in [0.4, 0.5) is 0 Å². The number of nitrogens with one attached hydrogen (secondary N) is 1. The zero-order valence-corrected chi connectivity index (χ0v) is 11.8. The van der Waals surface area contributed by atoms with E-state index in [0.717, 1.165) is 38.0 Å². The third-order valence-electron chi connectivity index (χ3n) is 5.42. The molecule has 1 saturated carbocycles. The van der Waals surface area contributed by atoms with Gasteiger partial charge in [-0.2, -0.15) is 0 Å². The molecule has 4 aliphatic rings. The molecule has 0 amide bonds. The molecule has 4 heteroatoms. The molecule has 0 aromatic rings. The van der Waals surface area contributed by atoms with Crippen LogP contribution >= 0.6 is 0 Å². The van der Waals surface area contributed by atoms with Crippen molar-refractivity contribution in [2.45, 2.75) is 56.5 Å². The van der Waals surface area contributed by atoms with Crippen LogP contribution < -0.4 is 5.32 Å². The summed E-state index contributed by atoms with van der Waals surface area (Å²) in [4.78, 5) is 2.59. The van der Waals surface area contributed by atoms with E-state index in [1.165, 1.54) is 45.3 Å². The zero-order valence-electron chi connectivity index (χ0n) is 11.8. The normalized spacial score (nSPS) is 42.0. The highest BCUT2D eigenvalue weighted by Gasteiger charge is 2.45. The van der Waals surface area contributed by atoms with Gasteiger partial charge in [0, 0.05) is 38.5 Å². The standard InChI is InChI=1S/C15H26N2O2/c1-2-6-15(5-1)18-11-13(19-15)9-17-8-12-4-3-7-16-14(12)10-17/h12-14,16H,1-11H2/t12-,13?,14+/m0/s1. The van der Waals surface area contributed by atoms with Gasteiger partial charge in [-0.3, -0.25) is 4.90 Å². The van der Waals surface area contributed by atoms with Gasteiger partial charge in [-0.25, -0.2) is 0 Å². The average molecular weight is 266 g/mol. The highest BCUT2D eigenvalue weighted by Crippen LogP contribution is 2.39. The molecule has 1 N–H and O–H groups in total. The molecule has 0 aromatic heterocycles. The van der Waals surface area contributed by atoms with Crippen LogP contribution in [0.1, 0.15) is 38.5 Å². The van der Waals surface area contributed by atoms with Gasteiger partial charge in [0.05, 0.1) is 12.7 Å². The molecule has 1 spiro atoms. The Morgan fingerprint density at radius 3 is 2.89 bits per heavy atom. The summed E-state index contributed by atoms with van der Waals surface area (Å²) in [5, 5.41) is 3.67. The molecule has 1 aliphatic carbocycles. The Kier molecular flexibility index (Phi) is 3.30. The van der Waals surface area contributed by atoms with Crippen LogP contribution in [0.5, 0.6) is 0 Å². The van der Waals surface area contributed by atoms with Crippen molar-refractivity contribution in [3.63, 3.8) is 0 Å². The zero-order chi connectivity index (χ0) is 12.7. The Bertz CT molecular complexity index is 316. The van der Waals surface area contributed by atoms with Crippen molar-refractivity contribution in [2.75, 3.05) is 32.8 Å². The first-order chi connectivity index (χ1) is 9.33. The lowest BCUT2D eigenvalue weighted by Crippen LogP contribution is -2.41. The molecule has 3 atom stereocenters. The van der Waals surface area contributed by atoms with Crippen LogP contribution in [-0.2, 0) is 9.47 Å². The molecular formula is C15H26N2O2. The van der Waals surface area contributed by atoms with Crippen molar-refractivity contribution in [1.29, 1.82) is 0 Å². The maximum Gasteiger partial charge on any atom is 0.168 e. The number of hydrogen-bond acceptors (Lipinski definition) is 4. The summed E-state index contributed by atoms with van der Waals surface area (Å²) in [6.07, 6.45) is 7.81. The summed E-state index contributed by atoms with van der Waals surface area (Å²) in [5.74, 6) is 0.687. The second-order valence-corrected chi connectivity index (χ2v) is 6.85. The predicted molar refractivity (Wildman–Crippen MR) is 73.0 cm³/mol. The van der Waals surface area contributed by atoms with Crippen LogP contribution in [0.3, 0.4) is 0 Å². The van der Waals surface area contributed by atoms with E-state index in [2.05, 4.69) is 10.2 Å². The van der Waals surface area contributed by atoms with Gasteiger partial charge in [0.15, 0.2) is 5.79 Å². The van der Waals surface area contributed by atoms with Crippen LogP contribution in [0.2, 0.25) is 0 Å². The van der Waals surface area contributed by atoms with E-state index in [1.54, 1.807) is 0 Å². The van der Waals surface area contributed by atoms with Gasteiger partial charge < -0.3 is 14.8 Å². The van der Waals surface area contributed by atoms with Gasteiger partial charge >= 0.3 is 0 Å². The monoisotopic (exact) mass is 266 g/mol. The van der Waals surface area contributed by atoms with E-state index in [9.17, 15) is 0 Å². The number of nitrogens with zero attached hydrogens (tertiary/aromatic N) is 1. The topological polar surface area (TPSA) is 33.7 Å². The summed E-state index contributed by atoms with van der Waals surface area (Å²) in [7, 11) is 0. The fraction of sp³-hybridized carbons (Fsp3) is 1.00. The van der Waals surface area contributed by atoms with Gasteiger partial charge in [0.1, 0.15) is 0 Å². The quantitative estimate of drug-likeness (QED) is 0.818. The van der Waals surface area contributed by atoms with E-state index in [4.69, 9.17) is 9.47 Å². The van der Waals surface area contributed by atoms with E-state index >= 15 is 0 Å². The minimum atomic E-state index is -0.185. The summed E-state index contributed by atoms with van der Waals surface area (Å²) >= 11 is 0. The summed E-state index contributed by atoms with van der Waals surface area (Å²) in [5.41, 5.74) is 0. The molecule has 0 aromatic carbocycles. The van der Waals surface area contributed by atoms with Crippen molar-refractivity contribution in [3.05, 3.63) is 0 Å². The van der Waals surface area contributed by atoms with Crippen molar-refractivity contribution in [1.82, 2.24) is 10.2 Å². The molecule has 19 heavy (non-hydrogen) atoms. The van der Waals surface area contributed by atoms with Crippen LogP contribution in [0.25, 0.3) is 0 Å². The molecule has 0 bridgehead atoms. The van der Waals surface area contributed by atoms with Crippen LogP contribution in [0.15, 0.2) is 0 Å². The molecule has 3 saturated heterocycles. The lowest BCUT2D eigenvalue weighted by atomic mass is 9.94. The lowest BCUT2D eigenvalue weighted by molar-refractivity contribution is -0.163. The molecule has 4 rings (SSSR count). The van der Waals surface area contributed by atoms with Gasteiger partial charge in [-0.1, -0.05) is 0 Å². The van der Waals surface area contributed by atoms with Gasteiger partial charge in [-0.15, -0.1) is 0 Å². The summed E-state index contributed by atoms with van der Waals surface area (Å²) in [6.45, 7) is 5.54. The smallest absolute Gasteiger partial charge is 0.168 e.